The first-order chi connectivity index (χ1) is 23.5. The van der Waals surface area contributed by atoms with E-state index in [2.05, 4.69) is 163 Å². The summed E-state index contributed by atoms with van der Waals surface area (Å²) < 4.78 is 6.89. The molecule has 5 heteroatoms. The SMILES string of the molecule is C=C(CC1CC(C)(C)N(C)C(C)(C)C1)C(Cc1ccccc1)(Cc1cc(C(C)(C)C)c(N)c(C(C)(C)C)c1)C(=O)OC1CC(C)(C)N(C)C(C)(C)C1. The summed E-state index contributed by atoms with van der Waals surface area (Å²) in [6.45, 7) is 36.8. The Morgan fingerprint density at radius 2 is 1.13 bits per heavy atom. The molecule has 0 radical (unpaired) electrons. The van der Waals surface area contributed by atoms with Crippen molar-refractivity contribution in [2.24, 2.45) is 11.3 Å². The molecule has 2 saturated heterocycles. The number of carbonyl (C=O) groups excluding carboxylic acids is 1. The zero-order chi connectivity index (χ0) is 39.5. The molecule has 2 fully saturated rings. The number of hydrogen-bond acceptors (Lipinski definition) is 5. The van der Waals surface area contributed by atoms with E-state index in [0.29, 0.717) is 18.8 Å². The van der Waals surface area contributed by atoms with E-state index in [1.54, 1.807) is 0 Å². The van der Waals surface area contributed by atoms with Crippen LogP contribution in [0.1, 0.15) is 151 Å². The standard InChI is InChI=1S/C47H75N3O2/c1-32(23-35-26-43(8,9)49(16)44(10,11)27-35)47(28-33-21-19-18-20-22-33,40(51)52-36-30-45(12,13)50(17)46(14,15)31-36)29-34-24-37(41(2,3)4)39(48)38(25-34)42(5,6)7/h18-22,24-25,35-36H,1,23,26-31,48H2,2-17H3. The number of rotatable bonds is 9. The third-order valence-electron chi connectivity index (χ3n) is 13.2. The maximum absolute atomic E-state index is 15.5. The number of nitrogen functional groups attached to an aromatic ring is 1. The number of hydrogen-bond donors (Lipinski definition) is 1. The minimum Gasteiger partial charge on any atom is -0.462 e. The van der Waals surface area contributed by atoms with Gasteiger partial charge in [0, 0.05) is 40.7 Å². The largest absolute Gasteiger partial charge is 0.462 e. The summed E-state index contributed by atoms with van der Waals surface area (Å²) in [6.07, 6.45) is 5.28. The van der Waals surface area contributed by atoms with E-state index in [-0.39, 0.29) is 45.1 Å². The van der Waals surface area contributed by atoms with Gasteiger partial charge in [-0.25, -0.2) is 0 Å². The van der Waals surface area contributed by atoms with Gasteiger partial charge in [-0.2, -0.15) is 0 Å². The molecule has 290 valence electrons. The van der Waals surface area contributed by atoms with Crippen molar-refractivity contribution in [2.75, 3.05) is 19.8 Å². The first-order valence-electron chi connectivity index (χ1n) is 19.9. The van der Waals surface area contributed by atoms with Crippen LogP contribution >= 0.6 is 0 Å². The summed E-state index contributed by atoms with van der Waals surface area (Å²) >= 11 is 0. The Kier molecular flexibility index (Phi) is 11.5. The first kappa shape index (κ1) is 42.1. The van der Waals surface area contributed by atoms with Crippen LogP contribution in [0.15, 0.2) is 54.6 Å². The highest BCUT2D eigenvalue weighted by atomic mass is 16.5. The zero-order valence-electron chi connectivity index (χ0n) is 36.1. The number of nitrogens with zero attached hydrogens (tertiary/aromatic N) is 2. The van der Waals surface area contributed by atoms with E-state index in [9.17, 15) is 0 Å². The topological polar surface area (TPSA) is 58.8 Å². The number of benzene rings is 2. The van der Waals surface area contributed by atoms with E-state index < -0.39 is 5.41 Å². The average molecular weight is 714 g/mol. The van der Waals surface area contributed by atoms with Crippen molar-refractivity contribution in [1.82, 2.24) is 9.80 Å². The van der Waals surface area contributed by atoms with Crippen molar-refractivity contribution in [3.8, 4) is 0 Å². The molecule has 0 saturated carbocycles. The second-order valence-electron chi connectivity index (χ2n) is 21.4. The van der Waals surface area contributed by atoms with Gasteiger partial charge in [0.05, 0.1) is 5.41 Å². The molecule has 0 aromatic heterocycles. The van der Waals surface area contributed by atoms with Crippen LogP contribution in [0.4, 0.5) is 5.69 Å². The molecule has 1 unspecified atom stereocenters. The number of nitrogens with two attached hydrogens (primary N) is 1. The fourth-order valence-electron chi connectivity index (χ4n) is 9.84. The summed E-state index contributed by atoms with van der Waals surface area (Å²) in [5, 5.41) is 0. The van der Waals surface area contributed by atoms with E-state index in [0.717, 1.165) is 65.6 Å². The Morgan fingerprint density at radius 3 is 1.56 bits per heavy atom. The summed E-state index contributed by atoms with van der Waals surface area (Å²) in [4.78, 5) is 20.5. The molecule has 1 atom stereocenters. The lowest BCUT2D eigenvalue weighted by Gasteiger charge is -2.54. The molecule has 2 heterocycles. The fraction of sp³-hybridized carbons (Fsp3) is 0.681. The smallest absolute Gasteiger partial charge is 0.317 e. The normalized spacial score (nSPS) is 22.5. The molecule has 5 nitrogen and oxygen atoms in total. The van der Waals surface area contributed by atoms with Crippen molar-refractivity contribution >= 4 is 11.7 Å². The molecule has 2 aliphatic rings. The quantitative estimate of drug-likeness (QED) is 0.159. The summed E-state index contributed by atoms with van der Waals surface area (Å²) in [7, 11) is 4.46. The van der Waals surface area contributed by atoms with Crippen LogP contribution in [0, 0.1) is 11.3 Å². The van der Waals surface area contributed by atoms with Gasteiger partial charge in [-0.15, -0.1) is 0 Å². The second kappa shape index (κ2) is 14.2. The minimum absolute atomic E-state index is 0.0285. The highest BCUT2D eigenvalue weighted by Gasteiger charge is 2.50. The Morgan fingerprint density at radius 1 is 0.731 bits per heavy atom. The van der Waals surface area contributed by atoms with Crippen molar-refractivity contribution < 1.29 is 9.53 Å². The Balaban J connectivity index is 1.92. The Labute approximate surface area is 319 Å². The lowest BCUT2D eigenvalue weighted by atomic mass is 9.65. The van der Waals surface area contributed by atoms with Crippen LogP contribution in [-0.4, -0.2) is 58.1 Å². The molecule has 0 aliphatic carbocycles. The summed E-state index contributed by atoms with van der Waals surface area (Å²) in [5.74, 6) is 0.250. The van der Waals surface area contributed by atoms with Gasteiger partial charge in [0.25, 0.3) is 0 Å². The molecule has 0 spiro atoms. The number of carbonyl (C=O) groups is 1. The lowest BCUT2D eigenvalue weighted by Crippen LogP contribution is -2.60. The monoisotopic (exact) mass is 714 g/mol. The van der Waals surface area contributed by atoms with E-state index in [1.807, 2.05) is 0 Å². The molecule has 2 aliphatic heterocycles. The van der Waals surface area contributed by atoms with Gasteiger partial charge in [0.15, 0.2) is 0 Å². The van der Waals surface area contributed by atoms with Crippen LogP contribution in [-0.2, 0) is 33.2 Å². The predicted octanol–water partition coefficient (Wildman–Crippen LogP) is 10.7. The van der Waals surface area contributed by atoms with Crippen molar-refractivity contribution in [1.29, 1.82) is 0 Å². The fourth-order valence-corrected chi connectivity index (χ4v) is 9.84. The third-order valence-corrected chi connectivity index (χ3v) is 13.2. The molecule has 2 N–H and O–H groups in total. The predicted molar refractivity (Wildman–Crippen MR) is 222 cm³/mol. The van der Waals surface area contributed by atoms with Crippen LogP contribution < -0.4 is 5.73 Å². The van der Waals surface area contributed by atoms with Gasteiger partial charge in [-0.05, 0) is 141 Å². The molecule has 52 heavy (non-hydrogen) atoms. The van der Waals surface area contributed by atoms with Crippen molar-refractivity contribution in [3.05, 3.63) is 76.9 Å². The third kappa shape index (κ3) is 8.84. The maximum atomic E-state index is 15.5. The molecular formula is C47H75N3O2. The van der Waals surface area contributed by atoms with Gasteiger partial charge < -0.3 is 10.5 Å². The Hall–Kier alpha value is -2.63. The van der Waals surface area contributed by atoms with Crippen LogP contribution in [0.25, 0.3) is 0 Å². The molecule has 2 aromatic carbocycles. The van der Waals surface area contributed by atoms with E-state index >= 15 is 4.79 Å². The second-order valence-corrected chi connectivity index (χ2v) is 21.4. The first-order valence-corrected chi connectivity index (χ1v) is 19.9. The van der Waals surface area contributed by atoms with Gasteiger partial charge in [0.1, 0.15) is 6.10 Å². The summed E-state index contributed by atoms with van der Waals surface area (Å²) in [5.41, 5.74) is 11.8. The minimum atomic E-state index is -0.975. The molecule has 4 rings (SSSR count). The van der Waals surface area contributed by atoms with Crippen LogP contribution in [0.2, 0.25) is 0 Å². The van der Waals surface area contributed by atoms with E-state index in [1.165, 1.54) is 0 Å². The number of anilines is 1. The molecule has 0 bridgehead atoms. The van der Waals surface area contributed by atoms with Crippen molar-refractivity contribution in [2.45, 2.75) is 181 Å². The van der Waals surface area contributed by atoms with Gasteiger partial charge in [-0.3, -0.25) is 14.6 Å². The number of ether oxygens (including phenoxy) is 1. The maximum Gasteiger partial charge on any atom is 0.317 e. The molecule has 0 amide bonds. The number of likely N-dealkylation sites (tertiary alicyclic amines) is 2. The zero-order valence-corrected chi connectivity index (χ0v) is 36.1. The molecule has 2 aromatic rings. The Bertz CT molecular complexity index is 1470. The van der Waals surface area contributed by atoms with Gasteiger partial charge in [-0.1, -0.05) is 96.2 Å². The highest BCUT2D eigenvalue weighted by Crippen LogP contribution is 2.48. The number of piperidine rings is 2. The summed E-state index contributed by atoms with van der Waals surface area (Å²) in [6, 6.07) is 15.1. The lowest BCUT2D eigenvalue weighted by molar-refractivity contribution is -0.169. The van der Waals surface area contributed by atoms with Crippen molar-refractivity contribution in [3.63, 3.8) is 0 Å². The molecular weight excluding hydrogens is 639 g/mol. The van der Waals surface area contributed by atoms with E-state index in [4.69, 9.17) is 17.0 Å². The highest BCUT2D eigenvalue weighted by molar-refractivity contribution is 5.82. The van der Waals surface area contributed by atoms with Crippen LogP contribution in [0.3, 0.4) is 0 Å². The number of esters is 1. The van der Waals surface area contributed by atoms with Gasteiger partial charge in [0.2, 0.25) is 0 Å². The van der Waals surface area contributed by atoms with Crippen LogP contribution in [0.5, 0.6) is 0 Å². The van der Waals surface area contributed by atoms with Gasteiger partial charge >= 0.3 is 5.97 Å². The average Bonchev–Trinajstić information content (AvgIpc) is 2.97.